The van der Waals surface area contributed by atoms with Gasteiger partial charge in [-0.3, -0.25) is 14.4 Å². The zero-order valence-electron chi connectivity index (χ0n) is 49.1. The van der Waals surface area contributed by atoms with Crippen molar-refractivity contribution in [2.24, 2.45) is 0 Å². The molecule has 0 radical (unpaired) electrons. The molecule has 0 spiro atoms. The average molecular weight is 1100 g/mol. The smallest absolute Gasteiger partial charge is 0.335 e. The molecule has 0 aromatic rings. The van der Waals surface area contributed by atoms with Gasteiger partial charge in [-0.15, -0.1) is 0 Å². The Morgan fingerprint density at radius 1 is 0.430 bits per heavy atom. The molecule has 3 N–H and O–H groups in total. The van der Waals surface area contributed by atoms with Gasteiger partial charge in [0.1, 0.15) is 18.8 Å². The monoisotopic (exact) mass is 1100 g/mol. The number of hydrogen-bond donors (Lipinski definition) is 3. The first-order valence-corrected chi connectivity index (χ1v) is 30.5. The summed E-state index contributed by atoms with van der Waals surface area (Å²) in [5, 5.41) is 31.5. The van der Waals surface area contributed by atoms with Gasteiger partial charge in [0.05, 0.1) is 6.61 Å². The van der Waals surface area contributed by atoms with E-state index in [0.717, 1.165) is 135 Å². The van der Waals surface area contributed by atoms with E-state index in [9.17, 15) is 34.5 Å². The first kappa shape index (κ1) is 72.1. The van der Waals surface area contributed by atoms with Gasteiger partial charge in [-0.2, -0.15) is 0 Å². The summed E-state index contributed by atoms with van der Waals surface area (Å²) < 4.78 is 28.3. The number of aliphatic hydroxyl groups excluding tert-OH is 2. The largest absolute Gasteiger partial charge is 0.479 e. The second-order valence-electron chi connectivity index (χ2n) is 20.2. The molecule has 446 valence electrons. The molecule has 6 unspecified atom stereocenters. The number of unbranched alkanes of at least 4 members (excludes halogenated alkanes) is 16. The molecule has 0 saturated carbocycles. The van der Waals surface area contributed by atoms with Gasteiger partial charge in [0.15, 0.2) is 24.6 Å². The van der Waals surface area contributed by atoms with Crippen molar-refractivity contribution in [1.29, 1.82) is 0 Å². The maximum atomic E-state index is 13.1. The number of rotatable bonds is 50. The van der Waals surface area contributed by atoms with Crippen LogP contribution in [0.15, 0.2) is 122 Å². The number of carbonyl (C=O) groups is 4. The van der Waals surface area contributed by atoms with Gasteiger partial charge in [-0.1, -0.05) is 213 Å². The predicted molar refractivity (Wildman–Crippen MR) is 321 cm³/mol. The third-order valence-corrected chi connectivity index (χ3v) is 13.0. The molecule has 1 saturated heterocycles. The molecular weight excluding hydrogens is 997 g/mol. The Kier molecular flexibility index (Phi) is 49.1. The summed E-state index contributed by atoms with van der Waals surface area (Å²) in [4.78, 5) is 51.2. The number of aliphatic hydroxyl groups is 2. The van der Waals surface area contributed by atoms with Gasteiger partial charge in [-0.25, -0.2) is 4.79 Å². The SMILES string of the molecule is CC/C=C\C/C=C\C/C=C\C/C=C\CCC(=O)OC(COC(=O)CCCCCCCC/C=C\C/C=C\C/C=C\CCCCC)COC1OC(C(=O)O)C(O)C(O)C1OC(=O)CCCCCCCCC/C=C\C/C=C\C/C=C\CC. The summed E-state index contributed by atoms with van der Waals surface area (Å²) in [5.41, 5.74) is 0. The number of esters is 3. The summed E-state index contributed by atoms with van der Waals surface area (Å²) in [6, 6.07) is 0. The highest BCUT2D eigenvalue weighted by molar-refractivity contribution is 5.74. The van der Waals surface area contributed by atoms with E-state index in [4.69, 9.17) is 23.7 Å². The van der Waals surface area contributed by atoms with Crippen LogP contribution in [0.3, 0.4) is 0 Å². The first-order valence-electron chi connectivity index (χ1n) is 30.5. The maximum Gasteiger partial charge on any atom is 0.335 e. The Morgan fingerprint density at radius 2 is 0.823 bits per heavy atom. The van der Waals surface area contributed by atoms with Crippen LogP contribution in [0.2, 0.25) is 0 Å². The topological polar surface area (TPSA) is 175 Å². The van der Waals surface area contributed by atoms with E-state index in [1.807, 2.05) is 12.2 Å². The molecule has 0 bridgehead atoms. The lowest BCUT2D eigenvalue weighted by molar-refractivity contribution is -0.301. The van der Waals surface area contributed by atoms with Crippen LogP contribution in [0.4, 0.5) is 0 Å². The van der Waals surface area contributed by atoms with Crippen molar-refractivity contribution in [2.75, 3.05) is 13.2 Å². The molecule has 1 aliphatic heterocycles. The van der Waals surface area contributed by atoms with Crippen molar-refractivity contribution in [1.82, 2.24) is 0 Å². The number of allylic oxidation sites excluding steroid dienone is 20. The van der Waals surface area contributed by atoms with E-state index in [1.54, 1.807) is 0 Å². The summed E-state index contributed by atoms with van der Waals surface area (Å²) in [6.45, 7) is 5.66. The molecule has 6 atom stereocenters. The van der Waals surface area contributed by atoms with Crippen molar-refractivity contribution in [3.05, 3.63) is 122 Å². The second kappa shape index (κ2) is 53.7. The first-order chi connectivity index (χ1) is 38.6. The van der Waals surface area contributed by atoms with Crippen LogP contribution in [0.5, 0.6) is 0 Å². The molecular formula is C67H106O12. The van der Waals surface area contributed by atoms with Gasteiger partial charge in [0.2, 0.25) is 0 Å². The molecule has 0 aromatic carbocycles. The lowest BCUT2D eigenvalue weighted by Gasteiger charge is -2.40. The molecule has 79 heavy (non-hydrogen) atoms. The molecule has 12 heteroatoms. The summed E-state index contributed by atoms with van der Waals surface area (Å²) in [5.74, 6) is -3.27. The zero-order valence-corrected chi connectivity index (χ0v) is 49.1. The van der Waals surface area contributed by atoms with Crippen molar-refractivity contribution >= 4 is 23.9 Å². The molecule has 0 aromatic heterocycles. The minimum atomic E-state index is -1.93. The van der Waals surface area contributed by atoms with Gasteiger partial charge in [0, 0.05) is 19.3 Å². The minimum Gasteiger partial charge on any atom is -0.479 e. The third-order valence-electron chi connectivity index (χ3n) is 13.0. The Morgan fingerprint density at radius 3 is 1.27 bits per heavy atom. The fraction of sp³-hybridized carbons (Fsp3) is 0.642. The van der Waals surface area contributed by atoms with E-state index in [1.165, 1.54) is 25.7 Å². The molecule has 1 fully saturated rings. The molecule has 0 amide bonds. The van der Waals surface area contributed by atoms with Crippen LogP contribution < -0.4 is 0 Å². The van der Waals surface area contributed by atoms with Gasteiger partial charge in [0.25, 0.3) is 0 Å². The van der Waals surface area contributed by atoms with Crippen molar-refractivity contribution < 1.29 is 58.2 Å². The quantitative estimate of drug-likeness (QED) is 0.0228. The molecule has 1 rings (SSSR count). The summed E-state index contributed by atoms with van der Waals surface area (Å²) >= 11 is 0. The highest BCUT2D eigenvalue weighted by Gasteiger charge is 2.50. The van der Waals surface area contributed by atoms with Crippen LogP contribution >= 0.6 is 0 Å². The zero-order chi connectivity index (χ0) is 57.5. The second-order valence-corrected chi connectivity index (χ2v) is 20.2. The maximum absolute atomic E-state index is 13.1. The normalized spacial score (nSPS) is 18.7. The Balaban J connectivity index is 2.71. The fourth-order valence-electron chi connectivity index (χ4n) is 8.40. The van der Waals surface area contributed by atoms with E-state index in [2.05, 4.69) is 130 Å². The Labute approximate surface area is 478 Å². The third kappa shape index (κ3) is 43.6. The molecule has 1 aliphatic rings. The summed E-state index contributed by atoms with van der Waals surface area (Å²) in [6.07, 6.45) is 61.8. The van der Waals surface area contributed by atoms with E-state index < -0.39 is 67.3 Å². The van der Waals surface area contributed by atoms with E-state index >= 15 is 0 Å². The van der Waals surface area contributed by atoms with Crippen LogP contribution in [-0.4, -0.2) is 89.2 Å². The van der Waals surface area contributed by atoms with Crippen LogP contribution in [0.1, 0.15) is 226 Å². The number of carbonyl (C=O) groups excluding carboxylic acids is 3. The number of aliphatic carboxylic acids is 1. The lowest BCUT2D eigenvalue weighted by atomic mass is 9.98. The van der Waals surface area contributed by atoms with Crippen molar-refractivity contribution in [3.8, 4) is 0 Å². The van der Waals surface area contributed by atoms with E-state index in [0.29, 0.717) is 25.7 Å². The number of carboxylic acids is 1. The highest BCUT2D eigenvalue weighted by atomic mass is 16.7. The fourth-order valence-corrected chi connectivity index (χ4v) is 8.40. The Bertz CT molecular complexity index is 1840. The number of ether oxygens (including phenoxy) is 5. The minimum absolute atomic E-state index is 0.0313. The number of carboxylic acid groups (broad SMARTS) is 1. The standard InChI is InChI=1S/C67H106O12/c1-4-7-10-13-16-19-22-25-27-29-30-32-33-36-38-41-44-47-50-53-59(68)75-56-58(77-60(69)54-51-48-45-42-39-35-24-21-18-15-12-9-6-3)57-76-67-65(63(72)62(71)64(79-67)66(73)74)78-61(70)55-52-49-46-43-40-37-34-31-28-26-23-20-17-14-11-8-5-2/h8-9,11-12,16-21,25-28,30,32,35,39,45,48,58,62-65,67,71-72H,4-7,10,13-15,22-24,29,31,33-34,36-38,40-44,46-47,49-57H2,1-3H3,(H,73,74)/b11-8-,12-9-,19-16-,20-17-,21-18-,27-25-,28-26-,32-30-,39-35-,48-45-. The molecule has 12 nitrogen and oxygen atoms in total. The Hall–Kier alpha value is -4.88. The number of hydrogen-bond acceptors (Lipinski definition) is 11. The van der Waals surface area contributed by atoms with Gasteiger partial charge in [-0.05, 0) is 116 Å². The van der Waals surface area contributed by atoms with Crippen molar-refractivity contribution in [2.45, 2.75) is 263 Å². The van der Waals surface area contributed by atoms with Crippen LogP contribution in [0, 0.1) is 0 Å². The predicted octanol–water partition coefficient (Wildman–Crippen LogP) is 16.0. The highest BCUT2D eigenvalue weighted by Crippen LogP contribution is 2.26. The molecule has 0 aliphatic carbocycles. The van der Waals surface area contributed by atoms with Crippen LogP contribution in [-0.2, 0) is 42.9 Å². The molecule has 1 heterocycles. The average Bonchev–Trinajstić information content (AvgIpc) is 3.44. The van der Waals surface area contributed by atoms with Gasteiger partial charge >= 0.3 is 23.9 Å². The van der Waals surface area contributed by atoms with E-state index in [-0.39, 0.29) is 25.9 Å². The lowest BCUT2D eigenvalue weighted by Crippen LogP contribution is -2.61. The van der Waals surface area contributed by atoms with Crippen molar-refractivity contribution in [3.63, 3.8) is 0 Å². The van der Waals surface area contributed by atoms with Crippen LogP contribution in [0.25, 0.3) is 0 Å². The summed E-state index contributed by atoms with van der Waals surface area (Å²) in [7, 11) is 0. The van der Waals surface area contributed by atoms with Gasteiger partial charge < -0.3 is 39.0 Å².